The number of allylic oxidation sites excluding steroid dienone is 5. The Morgan fingerprint density at radius 3 is 2.71 bits per heavy atom. The second-order valence-corrected chi connectivity index (χ2v) is 6.87. The van der Waals surface area contributed by atoms with E-state index in [0.29, 0.717) is 10.8 Å². The number of hydrogen-bond acceptors (Lipinski definition) is 3. The predicted octanol–water partition coefficient (Wildman–Crippen LogP) is 3.93. The molecule has 98 valence electrons. The van der Waals surface area contributed by atoms with E-state index in [9.17, 15) is 4.89 Å². The molecule has 0 unspecified atom stereocenters. The van der Waals surface area contributed by atoms with Gasteiger partial charge in [-0.2, -0.15) is 0 Å². The van der Waals surface area contributed by atoms with Crippen molar-refractivity contribution in [1.82, 2.24) is 0 Å². The Bertz CT molecular complexity index is 322. The predicted molar refractivity (Wildman–Crippen MR) is 76.2 cm³/mol. The zero-order chi connectivity index (χ0) is 13.3. The fourth-order valence-electron chi connectivity index (χ4n) is 0.757. The van der Waals surface area contributed by atoms with Crippen LogP contribution in [0.25, 0.3) is 0 Å². The first-order valence-corrected chi connectivity index (χ1v) is 8.21. The Morgan fingerprint density at radius 2 is 2.18 bits per heavy atom. The molecule has 0 aromatic heterocycles. The normalized spacial score (nSPS) is 13.5. The van der Waals surface area contributed by atoms with Crippen LogP contribution in [0.3, 0.4) is 0 Å². The SMILES string of the molecule is C=C/C(Cl)=C\C=C\O[PH](C)(O)COC(=C)CC. The standard InChI is InChI=1S/C12H20ClO3P/c1-5-11(3)15-10-17(4,14)16-9-7-8-12(13)6-2/h6-9,14,17H,2-3,5,10H2,1,4H3/b9-7+,12-8+. The van der Waals surface area contributed by atoms with Gasteiger partial charge in [0.2, 0.25) is 0 Å². The van der Waals surface area contributed by atoms with E-state index in [1.54, 1.807) is 18.8 Å². The summed E-state index contributed by atoms with van der Waals surface area (Å²) < 4.78 is 10.5. The van der Waals surface area contributed by atoms with Crippen LogP contribution in [0.5, 0.6) is 0 Å². The summed E-state index contributed by atoms with van der Waals surface area (Å²) in [4.78, 5) is 9.91. The van der Waals surface area contributed by atoms with Crippen molar-refractivity contribution in [2.45, 2.75) is 13.3 Å². The van der Waals surface area contributed by atoms with Gasteiger partial charge in [0, 0.05) is 0 Å². The molecule has 17 heavy (non-hydrogen) atoms. The maximum absolute atomic E-state index is 9.91. The van der Waals surface area contributed by atoms with Crippen molar-refractivity contribution in [3.05, 3.63) is 48.4 Å². The monoisotopic (exact) mass is 278 g/mol. The zero-order valence-electron chi connectivity index (χ0n) is 10.3. The molecule has 0 saturated heterocycles. The summed E-state index contributed by atoms with van der Waals surface area (Å²) in [5.41, 5.74) is 0. The average molecular weight is 279 g/mol. The second kappa shape index (κ2) is 8.35. The fourth-order valence-corrected chi connectivity index (χ4v) is 1.74. The van der Waals surface area contributed by atoms with Gasteiger partial charge in [0.15, 0.2) is 0 Å². The Morgan fingerprint density at radius 1 is 1.53 bits per heavy atom. The molecule has 0 aliphatic carbocycles. The van der Waals surface area contributed by atoms with E-state index < -0.39 is 7.72 Å². The first kappa shape index (κ1) is 16.2. The van der Waals surface area contributed by atoms with Crippen molar-refractivity contribution in [3.8, 4) is 0 Å². The van der Waals surface area contributed by atoms with Crippen molar-refractivity contribution >= 4 is 19.3 Å². The van der Waals surface area contributed by atoms with Crippen LogP contribution in [0.1, 0.15) is 13.3 Å². The molecule has 1 N–H and O–H groups in total. The van der Waals surface area contributed by atoms with Gasteiger partial charge in [0.1, 0.15) is 0 Å². The van der Waals surface area contributed by atoms with E-state index in [1.807, 2.05) is 6.92 Å². The van der Waals surface area contributed by atoms with Crippen molar-refractivity contribution < 1.29 is 14.2 Å². The summed E-state index contributed by atoms with van der Waals surface area (Å²) in [6.07, 6.45) is 7.00. The Kier molecular flexibility index (Phi) is 7.98. The van der Waals surface area contributed by atoms with E-state index in [0.717, 1.165) is 6.42 Å². The zero-order valence-corrected chi connectivity index (χ0v) is 12.0. The van der Waals surface area contributed by atoms with Crippen LogP contribution in [0.15, 0.2) is 48.4 Å². The molecule has 0 aliphatic rings. The number of hydrogen-bond donors (Lipinski definition) is 1. The van der Waals surface area contributed by atoms with Crippen molar-refractivity contribution in [3.63, 3.8) is 0 Å². The molecule has 3 nitrogen and oxygen atoms in total. The van der Waals surface area contributed by atoms with Gasteiger partial charge in [-0.25, -0.2) is 0 Å². The molecule has 0 spiro atoms. The van der Waals surface area contributed by atoms with Gasteiger partial charge < -0.3 is 0 Å². The van der Waals surface area contributed by atoms with Gasteiger partial charge in [-0.1, -0.05) is 0 Å². The van der Waals surface area contributed by atoms with Gasteiger partial charge in [-0.15, -0.1) is 0 Å². The summed E-state index contributed by atoms with van der Waals surface area (Å²) in [5.74, 6) is 0.639. The third-order valence-corrected chi connectivity index (χ3v) is 3.39. The van der Waals surface area contributed by atoms with Crippen LogP contribution in [0.4, 0.5) is 0 Å². The van der Waals surface area contributed by atoms with Gasteiger partial charge >= 0.3 is 108 Å². The molecule has 0 aliphatic heterocycles. The Labute approximate surface area is 109 Å². The van der Waals surface area contributed by atoms with Crippen LogP contribution < -0.4 is 0 Å². The van der Waals surface area contributed by atoms with Crippen LogP contribution in [-0.4, -0.2) is 17.9 Å². The van der Waals surface area contributed by atoms with Crippen LogP contribution in [0, 0.1) is 0 Å². The summed E-state index contributed by atoms with van der Waals surface area (Å²) in [6.45, 7) is 10.8. The Balaban J connectivity index is 4.08. The topological polar surface area (TPSA) is 38.7 Å². The van der Waals surface area contributed by atoms with Gasteiger partial charge in [0.25, 0.3) is 0 Å². The van der Waals surface area contributed by atoms with Gasteiger partial charge in [-0.3, -0.25) is 0 Å². The number of halogens is 1. The first-order valence-electron chi connectivity index (χ1n) is 5.27. The summed E-state index contributed by atoms with van der Waals surface area (Å²) >= 11 is 5.69. The third-order valence-electron chi connectivity index (χ3n) is 1.79. The third kappa shape index (κ3) is 8.99. The molecule has 0 aromatic carbocycles. The second-order valence-electron chi connectivity index (χ2n) is 3.56. The van der Waals surface area contributed by atoms with Crippen molar-refractivity contribution in [1.29, 1.82) is 0 Å². The van der Waals surface area contributed by atoms with E-state index in [1.165, 1.54) is 12.3 Å². The quantitative estimate of drug-likeness (QED) is 0.415. The molecule has 0 bridgehead atoms. The summed E-state index contributed by atoms with van der Waals surface area (Å²) in [7, 11) is -2.83. The molecule has 0 radical (unpaired) electrons. The summed E-state index contributed by atoms with van der Waals surface area (Å²) in [5, 5.41) is 0.502. The average Bonchev–Trinajstić information content (AvgIpc) is 2.31. The van der Waals surface area contributed by atoms with Crippen molar-refractivity contribution in [2.75, 3.05) is 13.0 Å². The first-order chi connectivity index (χ1) is 7.91. The molecule has 0 amide bonds. The molecule has 0 heterocycles. The fraction of sp³-hybridized carbons (Fsp3) is 0.333. The molecular formula is C12H20ClO3P. The minimum atomic E-state index is -2.83. The molecular weight excluding hydrogens is 259 g/mol. The van der Waals surface area contributed by atoms with Crippen molar-refractivity contribution in [2.24, 2.45) is 0 Å². The van der Waals surface area contributed by atoms with E-state index in [4.69, 9.17) is 20.9 Å². The molecule has 0 rings (SSSR count). The van der Waals surface area contributed by atoms with E-state index >= 15 is 0 Å². The van der Waals surface area contributed by atoms with Crippen LogP contribution in [-0.2, 0) is 9.26 Å². The number of rotatable bonds is 8. The van der Waals surface area contributed by atoms with Crippen LogP contribution >= 0.6 is 19.3 Å². The maximum atomic E-state index is 9.91. The number of ether oxygens (including phenoxy) is 1. The molecule has 0 fully saturated rings. The van der Waals surface area contributed by atoms with E-state index in [2.05, 4.69) is 13.2 Å². The Hall–Kier alpha value is -0.760. The molecule has 0 saturated carbocycles. The molecule has 0 atom stereocenters. The van der Waals surface area contributed by atoms with Gasteiger partial charge in [0.05, 0.1) is 0 Å². The van der Waals surface area contributed by atoms with E-state index in [-0.39, 0.29) is 6.35 Å². The molecule has 5 heteroatoms. The minimum absolute atomic E-state index is 0.156. The summed E-state index contributed by atoms with van der Waals surface area (Å²) in [6, 6.07) is 0. The van der Waals surface area contributed by atoms with Gasteiger partial charge in [-0.05, 0) is 0 Å². The van der Waals surface area contributed by atoms with Crippen LogP contribution in [0.2, 0.25) is 0 Å². The molecule has 0 aromatic rings.